The topological polar surface area (TPSA) is 79.4 Å². The molecule has 8 heteroatoms. The van der Waals surface area contributed by atoms with Gasteiger partial charge in [0.05, 0.1) is 5.69 Å². The Morgan fingerprint density at radius 2 is 1.71 bits per heavy atom. The van der Waals surface area contributed by atoms with Gasteiger partial charge in [-0.1, -0.05) is 12.1 Å². The average molecular weight is 389 g/mol. The molecule has 152 valence electrons. The lowest BCUT2D eigenvalue weighted by Crippen LogP contribution is -2.55. The minimum absolute atomic E-state index is 0.0457. The molecule has 2 heterocycles. The van der Waals surface area contributed by atoms with E-state index in [9.17, 15) is 14.4 Å². The minimum atomic E-state index is -0.633. The van der Waals surface area contributed by atoms with Crippen LogP contribution in [0.1, 0.15) is 27.7 Å². The first-order chi connectivity index (χ1) is 13.2. The molecule has 0 aliphatic carbocycles. The number of ether oxygens (including phenoxy) is 2. The van der Waals surface area contributed by atoms with Gasteiger partial charge >= 0.3 is 6.09 Å². The van der Waals surface area contributed by atoms with Crippen molar-refractivity contribution in [3.63, 3.8) is 0 Å². The summed E-state index contributed by atoms with van der Waals surface area (Å²) in [4.78, 5) is 42.2. The molecule has 0 saturated carbocycles. The van der Waals surface area contributed by atoms with Crippen LogP contribution >= 0.6 is 0 Å². The summed E-state index contributed by atoms with van der Waals surface area (Å²) < 4.78 is 11.0. The standard InChI is InChI=1S/C20H27N3O5/c1-14-18(25)23(15-7-5-6-8-16(15)27-14)13-17(24)21-9-11-22(12-10-21)19(26)28-20(2,3)4/h5-8,14H,9-13H2,1-4H3. The van der Waals surface area contributed by atoms with Gasteiger partial charge in [-0.25, -0.2) is 4.79 Å². The molecule has 1 aromatic carbocycles. The van der Waals surface area contributed by atoms with Gasteiger partial charge in [-0.15, -0.1) is 0 Å². The number of benzene rings is 1. The van der Waals surface area contributed by atoms with Crippen molar-refractivity contribution < 1.29 is 23.9 Å². The van der Waals surface area contributed by atoms with Crippen LogP contribution in [0.2, 0.25) is 0 Å². The quantitative estimate of drug-likeness (QED) is 0.772. The molecule has 28 heavy (non-hydrogen) atoms. The maximum Gasteiger partial charge on any atom is 0.410 e. The summed E-state index contributed by atoms with van der Waals surface area (Å²) in [6.07, 6.45) is -1.00. The van der Waals surface area contributed by atoms with E-state index in [1.54, 1.807) is 28.9 Å². The van der Waals surface area contributed by atoms with Crippen LogP contribution in [0.5, 0.6) is 5.75 Å². The third-order valence-corrected chi connectivity index (χ3v) is 4.65. The van der Waals surface area contributed by atoms with Crippen LogP contribution in [0.15, 0.2) is 24.3 Å². The van der Waals surface area contributed by atoms with Gasteiger partial charge in [0.25, 0.3) is 5.91 Å². The zero-order valence-corrected chi connectivity index (χ0v) is 16.8. The van der Waals surface area contributed by atoms with Crippen LogP contribution in [0.4, 0.5) is 10.5 Å². The van der Waals surface area contributed by atoms with E-state index in [0.717, 1.165) is 0 Å². The number of para-hydroxylation sites is 2. The second-order valence-corrected chi connectivity index (χ2v) is 8.00. The summed E-state index contributed by atoms with van der Waals surface area (Å²) in [5.74, 6) is 0.206. The van der Waals surface area contributed by atoms with Crippen LogP contribution in [0.25, 0.3) is 0 Å². The number of amides is 3. The fourth-order valence-electron chi connectivity index (χ4n) is 3.22. The second-order valence-electron chi connectivity index (χ2n) is 8.00. The summed E-state index contributed by atoms with van der Waals surface area (Å²) in [6, 6.07) is 7.20. The molecule has 3 amide bonds. The molecule has 2 aliphatic heterocycles. The molecule has 0 spiro atoms. The zero-order chi connectivity index (χ0) is 20.5. The lowest BCUT2D eigenvalue weighted by molar-refractivity contribution is -0.134. The average Bonchev–Trinajstić information content (AvgIpc) is 2.64. The highest BCUT2D eigenvalue weighted by Gasteiger charge is 2.34. The number of anilines is 1. The first-order valence-electron chi connectivity index (χ1n) is 9.48. The Morgan fingerprint density at radius 1 is 1.11 bits per heavy atom. The summed E-state index contributed by atoms with van der Waals surface area (Å²) in [5.41, 5.74) is 0.0523. The molecule has 0 N–H and O–H groups in total. The third-order valence-electron chi connectivity index (χ3n) is 4.65. The monoisotopic (exact) mass is 389 g/mol. The summed E-state index contributed by atoms with van der Waals surface area (Å²) in [7, 11) is 0. The Morgan fingerprint density at radius 3 is 2.36 bits per heavy atom. The fourth-order valence-corrected chi connectivity index (χ4v) is 3.22. The highest BCUT2D eigenvalue weighted by molar-refractivity contribution is 6.03. The molecule has 8 nitrogen and oxygen atoms in total. The number of hydrogen-bond donors (Lipinski definition) is 0. The molecule has 1 fully saturated rings. The van der Waals surface area contributed by atoms with E-state index in [1.807, 2.05) is 32.9 Å². The summed E-state index contributed by atoms with van der Waals surface area (Å²) in [6.45, 7) is 8.73. The number of rotatable bonds is 2. The maximum atomic E-state index is 12.8. The van der Waals surface area contributed by atoms with Gasteiger partial charge in [-0.3, -0.25) is 14.5 Å². The second kappa shape index (κ2) is 7.69. The van der Waals surface area contributed by atoms with Crippen molar-refractivity contribution in [3.8, 4) is 5.75 Å². The number of carbonyl (C=O) groups excluding carboxylic acids is 3. The van der Waals surface area contributed by atoms with Crippen molar-refractivity contribution in [2.75, 3.05) is 37.6 Å². The lowest BCUT2D eigenvalue weighted by atomic mass is 10.2. The Balaban J connectivity index is 1.61. The zero-order valence-electron chi connectivity index (χ0n) is 16.8. The lowest BCUT2D eigenvalue weighted by Gasteiger charge is -2.37. The molecule has 3 rings (SSSR count). The van der Waals surface area contributed by atoms with Crippen molar-refractivity contribution in [1.82, 2.24) is 9.80 Å². The highest BCUT2D eigenvalue weighted by atomic mass is 16.6. The first-order valence-corrected chi connectivity index (χ1v) is 9.48. The van der Waals surface area contributed by atoms with Crippen molar-refractivity contribution in [3.05, 3.63) is 24.3 Å². The van der Waals surface area contributed by atoms with Gasteiger partial charge in [0.2, 0.25) is 5.91 Å². The predicted molar refractivity (Wildman–Crippen MR) is 103 cm³/mol. The Kier molecular flexibility index (Phi) is 5.49. The molecule has 2 aliphatic rings. The van der Waals surface area contributed by atoms with Crippen molar-refractivity contribution in [2.45, 2.75) is 39.4 Å². The van der Waals surface area contributed by atoms with Gasteiger partial charge in [0.15, 0.2) is 6.10 Å². The smallest absolute Gasteiger partial charge is 0.410 e. The third kappa shape index (κ3) is 4.37. The summed E-state index contributed by atoms with van der Waals surface area (Å²) in [5, 5.41) is 0. The molecular weight excluding hydrogens is 362 g/mol. The number of nitrogens with zero attached hydrogens (tertiary/aromatic N) is 3. The van der Waals surface area contributed by atoms with Gasteiger partial charge in [0.1, 0.15) is 17.9 Å². The summed E-state index contributed by atoms with van der Waals surface area (Å²) >= 11 is 0. The van der Waals surface area contributed by atoms with Gasteiger partial charge in [-0.05, 0) is 39.8 Å². The molecule has 1 aromatic rings. The van der Waals surface area contributed by atoms with Crippen molar-refractivity contribution in [1.29, 1.82) is 0 Å². The van der Waals surface area contributed by atoms with Crippen LogP contribution in [0.3, 0.4) is 0 Å². The van der Waals surface area contributed by atoms with Gasteiger partial charge < -0.3 is 19.3 Å². The van der Waals surface area contributed by atoms with Crippen LogP contribution in [-0.4, -0.2) is 72.1 Å². The molecule has 1 unspecified atom stereocenters. The minimum Gasteiger partial charge on any atom is -0.479 e. The SMILES string of the molecule is CC1Oc2ccccc2N(CC(=O)N2CCN(C(=O)OC(C)(C)C)CC2)C1=O. The molecule has 1 saturated heterocycles. The van der Waals surface area contributed by atoms with E-state index < -0.39 is 11.7 Å². The van der Waals surface area contributed by atoms with Crippen LogP contribution in [0, 0.1) is 0 Å². The van der Waals surface area contributed by atoms with Crippen molar-refractivity contribution in [2.24, 2.45) is 0 Å². The van der Waals surface area contributed by atoms with E-state index in [-0.39, 0.29) is 24.5 Å². The fraction of sp³-hybridized carbons (Fsp3) is 0.550. The van der Waals surface area contributed by atoms with Crippen LogP contribution in [-0.2, 0) is 14.3 Å². The molecule has 0 radical (unpaired) electrons. The van der Waals surface area contributed by atoms with E-state index in [4.69, 9.17) is 9.47 Å². The maximum absolute atomic E-state index is 12.8. The van der Waals surface area contributed by atoms with E-state index in [0.29, 0.717) is 37.6 Å². The van der Waals surface area contributed by atoms with Gasteiger partial charge in [0, 0.05) is 26.2 Å². The normalized spacial score (nSPS) is 19.8. The number of fused-ring (bicyclic) bond motifs is 1. The van der Waals surface area contributed by atoms with E-state index >= 15 is 0 Å². The Hall–Kier alpha value is -2.77. The molecule has 0 bridgehead atoms. The first kappa shape index (κ1) is 20.0. The predicted octanol–water partition coefficient (Wildman–Crippen LogP) is 1.88. The number of piperazine rings is 1. The Bertz CT molecular complexity index is 765. The molecule has 0 aromatic heterocycles. The van der Waals surface area contributed by atoms with Crippen LogP contribution < -0.4 is 9.64 Å². The van der Waals surface area contributed by atoms with E-state index in [1.165, 1.54) is 4.90 Å². The number of carbonyl (C=O) groups is 3. The molecule has 1 atom stereocenters. The largest absolute Gasteiger partial charge is 0.479 e. The van der Waals surface area contributed by atoms with E-state index in [2.05, 4.69) is 0 Å². The highest BCUT2D eigenvalue weighted by Crippen LogP contribution is 2.33. The number of hydrogen-bond acceptors (Lipinski definition) is 5. The Labute approximate surface area is 165 Å². The molecular formula is C20H27N3O5. The van der Waals surface area contributed by atoms with Crippen molar-refractivity contribution >= 4 is 23.6 Å². The van der Waals surface area contributed by atoms with Gasteiger partial charge in [-0.2, -0.15) is 0 Å².